The van der Waals surface area contributed by atoms with Gasteiger partial charge in [0.2, 0.25) is 0 Å². The van der Waals surface area contributed by atoms with Gasteiger partial charge in [-0.25, -0.2) is 0 Å². The number of Topliss-reactive ketones (excluding diaryl/α,β-unsaturated/α-hetero) is 1. The van der Waals surface area contributed by atoms with Crippen molar-refractivity contribution in [2.75, 3.05) is 6.54 Å². The first kappa shape index (κ1) is 18.7. The van der Waals surface area contributed by atoms with Gasteiger partial charge < -0.3 is 16.0 Å². The standard InChI is InChI=1S/C16H25N3O2.ClH/c1-4-5-12-14(10(3)20)9(2)18-15(12)16(21)19-13(8-17)11-6-7-11;/h11,13,18H,4-8,17H2,1-3H3,(H,19,21);1H. The van der Waals surface area contributed by atoms with Crippen molar-refractivity contribution < 1.29 is 9.59 Å². The number of hydrogen-bond acceptors (Lipinski definition) is 3. The molecule has 1 heterocycles. The summed E-state index contributed by atoms with van der Waals surface area (Å²) >= 11 is 0. The van der Waals surface area contributed by atoms with E-state index in [0.717, 1.165) is 36.9 Å². The number of H-pyrrole nitrogens is 1. The number of halogens is 1. The molecule has 1 fully saturated rings. The smallest absolute Gasteiger partial charge is 0.268 e. The van der Waals surface area contributed by atoms with Gasteiger partial charge in [0, 0.05) is 23.8 Å². The highest BCUT2D eigenvalue weighted by Gasteiger charge is 2.32. The normalized spacial score (nSPS) is 15.1. The van der Waals surface area contributed by atoms with Gasteiger partial charge in [0.25, 0.3) is 5.91 Å². The third kappa shape index (κ3) is 3.90. The Morgan fingerprint density at radius 1 is 1.41 bits per heavy atom. The molecule has 1 aliphatic carbocycles. The average Bonchev–Trinajstić information content (AvgIpc) is 3.20. The number of nitrogens with one attached hydrogen (secondary N) is 2. The molecule has 1 aliphatic rings. The van der Waals surface area contributed by atoms with E-state index < -0.39 is 0 Å². The molecular formula is C16H26ClN3O2. The molecule has 0 saturated heterocycles. The molecule has 124 valence electrons. The molecule has 0 bridgehead atoms. The Bertz CT molecular complexity index is 550. The second kappa shape index (κ2) is 7.79. The zero-order chi connectivity index (χ0) is 15.6. The summed E-state index contributed by atoms with van der Waals surface area (Å²) in [5.74, 6) is 0.372. The van der Waals surface area contributed by atoms with Crippen molar-refractivity contribution in [3.05, 3.63) is 22.5 Å². The number of aromatic nitrogens is 1. The average molecular weight is 328 g/mol. The Hall–Kier alpha value is -1.33. The van der Waals surface area contributed by atoms with E-state index in [4.69, 9.17) is 5.73 Å². The van der Waals surface area contributed by atoms with Crippen molar-refractivity contribution in [1.29, 1.82) is 0 Å². The van der Waals surface area contributed by atoms with Gasteiger partial charge in [0.05, 0.1) is 0 Å². The third-order valence-electron chi connectivity index (χ3n) is 4.13. The highest BCUT2D eigenvalue weighted by Crippen LogP contribution is 2.32. The molecule has 1 unspecified atom stereocenters. The van der Waals surface area contributed by atoms with Gasteiger partial charge in [0.15, 0.2) is 5.78 Å². The lowest BCUT2D eigenvalue weighted by Crippen LogP contribution is -2.42. The van der Waals surface area contributed by atoms with E-state index in [1.54, 1.807) is 6.92 Å². The van der Waals surface area contributed by atoms with Crippen LogP contribution in [0.5, 0.6) is 0 Å². The van der Waals surface area contributed by atoms with Gasteiger partial charge in [-0.3, -0.25) is 9.59 Å². The SMILES string of the molecule is CCCc1c(C(=O)NC(CN)C2CC2)[nH]c(C)c1C(C)=O.Cl. The van der Waals surface area contributed by atoms with Gasteiger partial charge in [-0.1, -0.05) is 13.3 Å². The molecule has 5 nitrogen and oxygen atoms in total. The maximum absolute atomic E-state index is 12.5. The van der Waals surface area contributed by atoms with Crippen molar-refractivity contribution in [1.82, 2.24) is 10.3 Å². The van der Waals surface area contributed by atoms with E-state index in [-0.39, 0.29) is 30.1 Å². The number of aryl methyl sites for hydroxylation is 1. The van der Waals surface area contributed by atoms with E-state index in [0.29, 0.717) is 23.7 Å². The number of aromatic amines is 1. The summed E-state index contributed by atoms with van der Waals surface area (Å²) in [6.07, 6.45) is 3.87. The summed E-state index contributed by atoms with van der Waals surface area (Å²) in [6, 6.07) is 0.0383. The van der Waals surface area contributed by atoms with Crippen molar-refractivity contribution in [3.63, 3.8) is 0 Å². The summed E-state index contributed by atoms with van der Waals surface area (Å²) in [6.45, 7) is 5.89. The summed E-state index contributed by atoms with van der Waals surface area (Å²) < 4.78 is 0. The van der Waals surface area contributed by atoms with Crippen LogP contribution in [-0.4, -0.2) is 29.3 Å². The number of amides is 1. The summed E-state index contributed by atoms with van der Waals surface area (Å²) in [7, 11) is 0. The molecule has 4 N–H and O–H groups in total. The Labute approximate surface area is 137 Å². The van der Waals surface area contributed by atoms with Crippen LogP contribution in [0.25, 0.3) is 0 Å². The minimum absolute atomic E-state index is 0. The fourth-order valence-electron chi connectivity index (χ4n) is 2.96. The highest BCUT2D eigenvalue weighted by atomic mass is 35.5. The lowest BCUT2D eigenvalue weighted by molar-refractivity contribution is 0.0928. The lowest BCUT2D eigenvalue weighted by Gasteiger charge is -2.16. The highest BCUT2D eigenvalue weighted by molar-refractivity contribution is 6.02. The molecule has 1 aromatic heterocycles. The zero-order valence-electron chi connectivity index (χ0n) is 13.5. The van der Waals surface area contributed by atoms with E-state index in [1.807, 2.05) is 13.8 Å². The third-order valence-corrected chi connectivity index (χ3v) is 4.13. The summed E-state index contributed by atoms with van der Waals surface area (Å²) in [4.78, 5) is 27.4. The van der Waals surface area contributed by atoms with Crippen LogP contribution in [0.4, 0.5) is 0 Å². The summed E-state index contributed by atoms with van der Waals surface area (Å²) in [5.41, 5.74) is 8.54. The van der Waals surface area contributed by atoms with Crippen LogP contribution >= 0.6 is 12.4 Å². The molecule has 6 heteroatoms. The van der Waals surface area contributed by atoms with Gasteiger partial charge >= 0.3 is 0 Å². The van der Waals surface area contributed by atoms with E-state index in [2.05, 4.69) is 10.3 Å². The molecule has 22 heavy (non-hydrogen) atoms. The van der Waals surface area contributed by atoms with Crippen LogP contribution in [0.2, 0.25) is 0 Å². The molecule has 1 amide bonds. The monoisotopic (exact) mass is 327 g/mol. The Morgan fingerprint density at radius 2 is 2.05 bits per heavy atom. The predicted molar refractivity (Wildman–Crippen MR) is 89.8 cm³/mol. The minimum Gasteiger partial charge on any atom is -0.354 e. The quantitative estimate of drug-likeness (QED) is 0.672. The molecule has 1 aromatic rings. The van der Waals surface area contributed by atoms with Gasteiger partial charge in [0.1, 0.15) is 5.69 Å². The van der Waals surface area contributed by atoms with Gasteiger partial charge in [-0.2, -0.15) is 0 Å². The molecule has 1 atom stereocenters. The first-order valence-electron chi connectivity index (χ1n) is 7.72. The summed E-state index contributed by atoms with van der Waals surface area (Å²) in [5, 5.41) is 3.02. The van der Waals surface area contributed by atoms with E-state index >= 15 is 0 Å². The number of carbonyl (C=O) groups excluding carboxylic acids is 2. The van der Waals surface area contributed by atoms with Crippen molar-refractivity contribution >= 4 is 24.1 Å². The molecule has 1 saturated carbocycles. The van der Waals surface area contributed by atoms with Crippen LogP contribution in [0.15, 0.2) is 0 Å². The molecule has 2 rings (SSSR count). The topological polar surface area (TPSA) is 88.0 Å². The first-order chi connectivity index (χ1) is 9.99. The van der Waals surface area contributed by atoms with Crippen molar-refractivity contribution in [3.8, 4) is 0 Å². The van der Waals surface area contributed by atoms with Crippen molar-refractivity contribution in [2.24, 2.45) is 11.7 Å². The maximum atomic E-state index is 12.5. The zero-order valence-corrected chi connectivity index (χ0v) is 14.3. The number of ketones is 1. The molecule has 0 aliphatic heterocycles. The second-order valence-electron chi connectivity index (χ2n) is 5.94. The van der Waals surface area contributed by atoms with E-state index in [1.165, 1.54) is 0 Å². The molecular weight excluding hydrogens is 302 g/mol. The Morgan fingerprint density at radius 3 is 2.50 bits per heavy atom. The second-order valence-corrected chi connectivity index (χ2v) is 5.94. The van der Waals surface area contributed by atoms with Crippen LogP contribution in [0.3, 0.4) is 0 Å². The van der Waals surface area contributed by atoms with Gasteiger partial charge in [-0.15, -0.1) is 12.4 Å². The number of carbonyl (C=O) groups is 2. The lowest BCUT2D eigenvalue weighted by atomic mass is 10.0. The van der Waals surface area contributed by atoms with E-state index in [9.17, 15) is 9.59 Å². The molecule has 0 spiro atoms. The van der Waals surface area contributed by atoms with Crippen LogP contribution in [0, 0.1) is 12.8 Å². The first-order valence-corrected chi connectivity index (χ1v) is 7.72. The molecule has 0 radical (unpaired) electrons. The fourth-order valence-corrected chi connectivity index (χ4v) is 2.96. The number of hydrogen-bond donors (Lipinski definition) is 3. The maximum Gasteiger partial charge on any atom is 0.268 e. The van der Waals surface area contributed by atoms with Crippen LogP contribution in [0.1, 0.15) is 65.2 Å². The van der Waals surface area contributed by atoms with Gasteiger partial charge in [-0.05, 0) is 44.6 Å². The number of rotatable bonds is 7. The Balaban J connectivity index is 0.00000242. The largest absolute Gasteiger partial charge is 0.354 e. The Kier molecular flexibility index (Phi) is 6.63. The fraction of sp³-hybridized carbons (Fsp3) is 0.625. The number of nitrogens with two attached hydrogens (primary N) is 1. The van der Waals surface area contributed by atoms with Crippen molar-refractivity contribution in [2.45, 2.75) is 52.5 Å². The minimum atomic E-state index is -0.142. The van der Waals surface area contributed by atoms with Crippen LogP contribution in [-0.2, 0) is 6.42 Å². The molecule has 0 aromatic carbocycles. The van der Waals surface area contributed by atoms with Crippen LogP contribution < -0.4 is 11.1 Å². The predicted octanol–water partition coefficient (Wildman–Crippen LogP) is 2.37.